The third-order valence-corrected chi connectivity index (χ3v) is 7.19. The normalized spacial score (nSPS) is 24.4. The summed E-state index contributed by atoms with van der Waals surface area (Å²) in [6, 6.07) is 12.9. The summed E-state index contributed by atoms with van der Waals surface area (Å²) in [7, 11) is 0. The number of para-hydroxylation sites is 1. The number of carbonyl (C=O) groups excluding carboxylic acids is 2. The molecule has 0 bridgehead atoms. The smallest absolute Gasteiger partial charge is 0.269 e. The molecule has 3 aromatic rings. The molecule has 0 spiro atoms. The number of H-pyrrole nitrogens is 1. The molecule has 6 rings (SSSR count). The van der Waals surface area contributed by atoms with Gasteiger partial charge in [0.05, 0.1) is 23.6 Å². The van der Waals surface area contributed by atoms with Crippen LogP contribution in [0.5, 0.6) is 0 Å². The van der Waals surface area contributed by atoms with Crippen LogP contribution in [0.25, 0.3) is 10.9 Å². The lowest BCUT2D eigenvalue weighted by atomic mass is 9.86. The van der Waals surface area contributed by atoms with Gasteiger partial charge >= 0.3 is 0 Å². The Morgan fingerprint density at radius 3 is 2.79 bits per heavy atom. The Morgan fingerprint density at radius 1 is 1.15 bits per heavy atom. The average Bonchev–Trinajstić information content (AvgIpc) is 3.48. The van der Waals surface area contributed by atoms with Crippen LogP contribution in [0, 0.1) is 10.1 Å². The summed E-state index contributed by atoms with van der Waals surface area (Å²) in [5.74, 6) is -0.259. The first-order valence-corrected chi connectivity index (χ1v) is 11.6. The van der Waals surface area contributed by atoms with E-state index in [-0.39, 0.29) is 30.2 Å². The highest BCUT2D eigenvalue weighted by Gasteiger charge is 2.48. The molecular weight excluding hydrogens is 436 g/mol. The van der Waals surface area contributed by atoms with Crippen molar-refractivity contribution in [3.63, 3.8) is 0 Å². The summed E-state index contributed by atoms with van der Waals surface area (Å²) < 4.78 is 5.72. The Labute approximate surface area is 195 Å². The predicted molar refractivity (Wildman–Crippen MR) is 123 cm³/mol. The number of carbonyl (C=O) groups is 2. The van der Waals surface area contributed by atoms with Crippen molar-refractivity contribution in [3.05, 3.63) is 75.5 Å². The van der Waals surface area contributed by atoms with E-state index in [2.05, 4.69) is 4.98 Å². The zero-order valence-electron chi connectivity index (χ0n) is 18.5. The number of ether oxygens (including phenoxy) is 1. The molecule has 0 saturated carbocycles. The number of rotatable bonds is 4. The minimum Gasteiger partial charge on any atom is -0.376 e. The minimum absolute atomic E-state index is 0.0177. The molecule has 174 valence electrons. The van der Waals surface area contributed by atoms with Gasteiger partial charge in [-0.3, -0.25) is 19.7 Å². The lowest BCUT2D eigenvalue weighted by molar-refractivity contribution is -0.384. The van der Waals surface area contributed by atoms with Crippen LogP contribution in [0.1, 0.15) is 35.7 Å². The molecule has 0 unspecified atom stereocenters. The number of nitrogens with one attached hydrogen (secondary N) is 1. The van der Waals surface area contributed by atoms with E-state index in [9.17, 15) is 19.7 Å². The number of nitrogens with zero attached hydrogens (tertiary/aromatic N) is 3. The van der Waals surface area contributed by atoms with Gasteiger partial charge in [0.1, 0.15) is 6.04 Å². The molecule has 2 aromatic carbocycles. The van der Waals surface area contributed by atoms with E-state index >= 15 is 0 Å². The van der Waals surface area contributed by atoms with Gasteiger partial charge in [0.15, 0.2) is 0 Å². The van der Waals surface area contributed by atoms with E-state index in [1.165, 1.54) is 12.1 Å². The summed E-state index contributed by atoms with van der Waals surface area (Å²) >= 11 is 0. The Balaban J connectivity index is 1.47. The number of aromatic amines is 1. The third-order valence-electron chi connectivity index (χ3n) is 7.19. The van der Waals surface area contributed by atoms with E-state index in [4.69, 9.17) is 4.74 Å². The SMILES string of the molecule is O=C1[C@@H]2Cc3c([nH]c4ccccc34)[C@H](c3cccc([N+](=O)[O-])c3)N2C(=O)CN1C[C@@H]1CCCO1. The van der Waals surface area contributed by atoms with Gasteiger partial charge in [0.2, 0.25) is 11.8 Å². The molecule has 4 heterocycles. The van der Waals surface area contributed by atoms with Crippen molar-refractivity contribution in [2.75, 3.05) is 19.7 Å². The standard InChI is InChI=1S/C25H24N4O5/c30-22-14-27(13-17-7-4-10-34-17)25(31)21-12-19-18-8-1-2-9-20(18)26-23(19)24(28(21)22)15-5-3-6-16(11-15)29(32)33/h1-3,5-6,8-9,11,17,21,24,26H,4,7,10,12-14H2/t17-,21-,24-/m0/s1. The zero-order chi connectivity index (χ0) is 23.4. The van der Waals surface area contributed by atoms with Gasteiger partial charge in [-0.05, 0) is 30.0 Å². The van der Waals surface area contributed by atoms with Gasteiger partial charge in [-0.15, -0.1) is 0 Å². The van der Waals surface area contributed by atoms with E-state index in [1.807, 2.05) is 24.3 Å². The van der Waals surface area contributed by atoms with Gasteiger partial charge in [-0.1, -0.05) is 30.3 Å². The van der Waals surface area contributed by atoms with Crippen molar-refractivity contribution in [1.82, 2.24) is 14.8 Å². The molecule has 2 saturated heterocycles. The molecule has 3 atom stereocenters. The summed E-state index contributed by atoms with van der Waals surface area (Å²) in [6.45, 7) is 1.08. The minimum atomic E-state index is -0.668. The summed E-state index contributed by atoms with van der Waals surface area (Å²) in [6.07, 6.45) is 2.21. The first-order chi connectivity index (χ1) is 16.5. The fraction of sp³-hybridized carbons (Fsp3) is 0.360. The Morgan fingerprint density at radius 2 is 2.00 bits per heavy atom. The predicted octanol–water partition coefficient (Wildman–Crippen LogP) is 2.94. The highest BCUT2D eigenvalue weighted by molar-refractivity contribution is 5.97. The number of amides is 2. The maximum atomic E-state index is 13.7. The van der Waals surface area contributed by atoms with E-state index in [0.717, 1.165) is 35.0 Å². The van der Waals surface area contributed by atoms with Crippen molar-refractivity contribution in [1.29, 1.82) is 0 Å². The molecule has 0 aliphatic carbocycles. The quantitative estimate of drug-likeness (QED) is 0.476. The zero-order valence-corrected chi connectivity index (χ0v) is 18.5. The van der Waals surface area contributed by atoms with Crippen molar-refractivity contribution in [2.45, 2.75) is 37.5 Å². The van der Waals surface area contributed by atoms with Crippen molar-refractivity contribution < 1.29 is 19.2 Å². The maximum Gasteiger partial charge on any atom is 0.269 e. The van der Waals surface area contributed by atoms with Crippen LogP contribution in [0.15, 0.2) is 48.5 Å². The second-order valence-corrected chi connectivity index (χ2v) is 9.19. The molecule has 1 aromatic heterocycles. The molecular formula is C25H24N4O5. The first kappa shape index (κ1) is 20.9. The van der Waals surface area contributed by atoms with Crippen molar-refractivity contribution in [2.24, 2.45) is 0 Å². The van der Waals surface area contributed by atoms with E-state index in [0.29, 0.717) is 25.1 Å². The monoisotopic (exact) mass is 460 g/mol. The number of benzene rings is 2. The molecule has 2 fully saturated rings. The number of hydrogen-bond acceptors (Lipinski definition) is 5. The Kier molecular flexibility index (Phi) is 4.88. The van der Waals surface area contributed by atoms with Crippen LogP contribution in [0.3, 0.4) is 0 Å². The van der Waals surface area contributed by atoms with Gasteiger partial charge < -0.3 is 19.5 Å². The number of piperazine rings is 1. The highest BCUT2D eigenvalue weighted by Crippen LogP contribution is 2.43. The van der Waals surface area contributed by atoms with Crippen LogP contribution in [-0.2, 0) is 20.7 Å². The molecule has 34 heavy (non-hydrogen) atoms. The summed E-state index contributed by atoms with van der Waals surface area (Å²) in [5.41, 5.74) is 3.27. The van der Waals surface area contributed by atoms with Gasteiger partial charge in [0, 0.05) is 48.3 Å². The lowest BCUT2D eigenvalue weighted by Crippen LogP contribution is -2.63. The van der Waals surface area contributed by atoms with Crippen LogP contribution in [0.4, 0.5) is 5.69 Å². The lowest BCUT2D eigenvalue weighted by Gasteiger charge is -2.47. The highest BCUT2D eigenvalue weighted by atomic mass is 16.6. The largest absolute Gasteiger partial charge is 0.376 e. The topological polar surface area (TPSA) is 109 Å². The van der Waals surface area contributed by atoms with Gasteiger partial charge in [-0.2, -0.15) is 0 Å². The van der Waals surface area contributed by atoms with Crippen LogP contribution in [0.2, 0.25) is 0 Å². The number of aromatic nitrogens is 1. The molecule has 9 nitrogen and oxygen atoms in total. The summed E-state index contributed by atoms with van der Waals surface area (Å²) in [5, 5.41) is 12.5. The second-order valence-electron chi connectivity index (χ2n) is 9.19. The van der Waals surface area contributed by atoms with Crippen molar-refractivity contribution >= 4 is 28.4 Å². The molecule has 2 amide bonds. The van der Waals surface area contributed by atoms with Crippen LogP contribution >= 0.6 is 0 Å². The Bertz CT molecular complexity index is 1310. The summed E-state index contributed by atoms with van der Waals surface area (Å²) in [4.78, 5) is 44.9. The van der Waals surface area contributed by atoms with E-state index in [1.54, 1.807) is 21.9 Å². The number of hydrogen-bond donors (Lipinski definition) is 1. The van der Waals surface area contributed by atoms with E-state index < -0.39 is 17.0 Å². The van der Waals surface area contributed by atoms with Crippen molar-refractivity contribution in [3.8, 4) is 0 Å². The van der Waals surface area contributed by atoms with Crippen LogP contribution in [-0.4, -0.2) is 63.4 Å². The van der Waals surface area contributed by atoms with Crippen LogP contribution < -0.4 is 0 Å². The number of fused-ring (bicyclic) bond motifs is 4. The Hall–Kier alpha value is -3.72. The second kappa shape index (κ2) is 7.95. The molecule has 3 aliphatic heterocycles. The van der Waals surface area contributed by atoms with Gasteiger partial charge in [0.25, 0.3) is 5.69 Å². The first-order valence-electron chi connectivity index (χ1n) is 11.6. The molecule has 1 N–H and O–H groups in total. The number of nitro groups is 1. The number of nitro benzene ring substituents is 1. The average molecular weight is 460 g/mol. The molecule has 9 heteroatoms. The molecule has 0 radical (unpaired) electrons. The maximum absolute atomic E-state index is 13.7. The number of non-ortho nitro benzene ring substituents is 1. The molecule has 3 aliphatic rings. The fourth-order valence-electron chi connectivity index (χ4n) is 5.67. The third kappa shape index (κ3) is 3.27. The van der Waals surface area contributed by atoms with Gasteiger partial charge in [-0.25, -0.2) is 0 Å². The fourth-order valence-corrected chi connectivity index (χ4v) is 5.67.